The lowest BCUT2D eigenvalue weighted by atomic mass is 9.95. The van der Waals surface area contributed by atoms with Crippen molar-refractivity contribution in [3.05, 3.63) is 68.4 Å². The molecular weight excluding hydrogens is 607 g/mol. The number of nitrogens with one attached hydrogen (secondary N) is 1. The first-order valence-corrected chi connectivity index (χ1v) is 15.0. The number of fused-ring (bicyclic) bond motifs is 1. The number of methoxy groups -OCH3 is 1. The van der Waals surface area contributed by atoms with Gasteiger partial charge in [0.15, 0.2) is 0 Å². The average molecular weight is 645 g/mol. The van der Waals surface area contributed by atoms with Crippen LogP contribution < -0.4 is 21.3 Å². The van der Waals surface area contributed by atoms with Gasteiger partial charge in [0, 0.05) is 17.2 Å². The van der Waals surface area contributed by atoms with E-state index in [9.17, 15) is 28.7 Å². The van der Waals surface area contributed by atoms with Gasteiger partial charge in [0.25, 0.3) is 5.56 Å². The maximum Gasteiger partial charge on any atom is 0.333 e. The zero-order valence-corrected chi connectivity index (χ0v) is 27.2. The highest BCUT2D eigenvalue weighted by molar-refractivity contribution is 7.21. The molecule has 0 aliphatic heterocycles. The van der Waals surface area contributed by atoms with Crippen molar-refractivity contribution in [2.45, 2.75) is 72.7 Å². The molecule has 0 radical (unpaired) electrons. The van der Waals surface area contributed by atoms with E-state index >= 15 is 0 Å². The topological polar surface area (TPSA) is 160 Å². The molecule has 0 spiro atoms. The molecule has 0 saturated heterocycles. The molecule has 0 bridgehead atoms. The van der Waals surface area contributed by atoms with Gasteiger partial charge in [-0.3, -0.25) is 19.0 Å². The molecule has 1 atom stereocenters. The van der Waals surface area contributed by atoms with E-state index in [1.807, 2.05) is 0 Å². The van der Waals surface area contributed by atoms with Gasteiger partial charge in [-0.05, 0) is 66.7 Å². The molecule has 15 heteroatoms. The molecule has 13 nitrogen and oxygen atoms in total. The Morgan fingerprint density at radius 1 is 1.13 bits per heavy atom. The number of carbonyl (C=O) groups excluding carboxylic acids is 1. The second kappa shape index (κ2) is 12.6. The van der Waals surface area contributed by atoms with Gasteiger partial charge in [0.05, 0.1) is 43.5 Å². The fourth-order valence-corrected chi connectivity index (χ4v) is 5.99. The van der Waals surface area contributed by atoms with Crippen LogP contribution in [-0.2, 0) is 26.4 Å². The Labute approximate surface area is 262 Å². The molecule has 1 aromatic carbocycles. The van der Waals surface area contributed by atoms with Crippen LogP contribution in [0.1, 0.15) is 58.8 Å². The smallest absolute Gasteiger partial charge is 0.333 e. The Balaban J connectivity index is 2.03. The third-order valence-corrected chi connectivity index (χ3v) is 8.71. The van der Waals surface area contributed by atoms with Crippen LogP contribution in [0.25, 0.3) is 15.2 Å². The summed E-state index contributed by atoms with van der Waals surface area (Å²) in [5.41, 5.74) is -3.78. The Morgan fingerprint density at radius 3 is 2.36 bits per heavy atom. The zero-order valence-electron chi connectivity index (χ0n) is 26.4. The summed E-state index contributed by atoms with van der Waals surface area (Å²) in [4.78, 5) is 55.4. The number of hydrogen-bond acceptors (Lipinski definition) is 9. The number of nitrogens with zero attached hydrogens (tertiary/aromatic N) is 5. The minimum atomic E-state index is -1.63. The lowest BCUT2D eigenvalue weighted by Gasteiger charge is -2.29. The Bertz CT molecular complexity index is 1860. The number of ether oxygens (including phenoxy) is 2. The van der Waals surface area contributed by atoms with E-state index in [2.05, 4.69) is 15.5 Å². The second-order valence-corrected chi connectivity index (χ2v) is 13.1. The average Bonchev–Trinajstić information content (AvgIpc) is 3.60. The molecule has 0 saturated carbocycles. The van der Waals surface area contributed by atoms with Crippen LogP contribution in [0.3, 0.4) is 0 Å². The predicted octanol–water partition coefficient (Wildman–Crippen LogP) is 3.39. The molecule has 4 aromatic rings. The van der Waals surface area contributed by atoms with Gasteiger partial charge < -0.3 is 19.9 Å². The predicted molar refractivity (Wildman–Crippen MR) is 166 cm³/mol. The Hall–Kier alpha value is -4.37. The van der Waals surface area contributed by atoms with E-state index in [0.29, 0.717) is 10.6 Å². The number of thiophene rings is 1. The maximum atomic E-state index is 14.6. The lowest BCUT2D eigenvalue weighted by molar-refractivity contribution is -0.152. The normalized spacial score (nSPS) is 12.9. The van der Waals surface area contributed by atoms with Gasteiger partial charge in [0.2, 0.25) is 5.91 Å². The number of carboxylic acids is 1. The van der Waals surface area contributed by atoms with Gasteiger partial charge in [-0.1, -0.05) is 11.3 Å². The quantitative estimate of drug-likeness (QED) is 0.236. The van der Waals surface area contributed by atoms with Crippen LogP contribution >= 0.6 is 11.3 Å². The first kappa shape index (κ1) is 33.5. The number of halogens is 1. The van der Waals surface area contributed by atoms with E-state index in [4.69, 9.17) is 9.47 Å². The van der Waals surface area contributed by atoms with Crippen LogP contribution in [0, 0.1) is 18.2 Å². The van der Waals surface area contributed by atoms with Crippen LogP contribution in [0.5, 0.6) is 5.75 Å². The summed E-state index contributed by atoms with van der Waals surface area (Å²) in [5.74, 6) is -2.03. The molecular formula is C30H37FN6O7S. The molecule has 242 valence electrons. The minimum absolute atomic E-state index is 0.160. The first-order valence-electron chi connectivity index (χ1n) is 14.2. The van der Waals surface area contributed by atoms with Crippen LogP contribution in [0.2, 0.25) is 0 Å². The van der Waals surface area contributed by atoms with Crippen molar-refractivity contribution in [3.63, 3.8) is 0 Å². The summed E-state index contributed by atoms with van der Waals surface area (Å²) < 4.78 is 28.4. The lowest BCUT2D eigenvalue weighted by Crippen LogP contribution is -2.56. The second-order valence-electron chi connectivity index (χ2n) is 12.1. The molecule has 3 heterocycles. The van der Waals surface area contributed by atoms with Crippen molar-refractivity contribution >= 4 is 33.4 Å². The van der Waals surface area contributed by atoms with E-state index in [1.165, 1.54) is 74.8 Å². The highest BCUT2D eigenvalue weighted by atomic mass is 32.1. The fourth-order valence-electron chi connectivity index (χ4n) is 4.77. The molecule has 0 unspecified atom stereocenters. The van der Waals surface area contributed by atoms with Crippen molar-refractivity contribution in [1.82, 2.24) is 29.4 Å². The molecule has 45 heavy (non-hydrogen) atoms. The molecule has 0 fully saturated rings. The molecule has 0 aliphatic rings. The standard InChI is InChI=1S/C30H37FN6O7S/c1-16(2)34-26(39)30(6,7)36-23(38)22-17(3)24(37-32-11-12-33-37)45-25(22)35(28(36)42)14-21(44-15-29(4,5)27(40)41)19-13-18(31)9-10-20(19)43-8/h9-13,16,21H,14-15H2,1-8H3,(H,34,39)(H,40,41)/t21-/m0/s1. The number of amides is 1. The minimum Gasteiger partial charge on any atom is -0.496 e. The zero-order chi connectivity index (χ0) is 33.4. The summed E-state index contributed by atoms with van der Waals surface area (Å²) in [6.45, 7) is 10.5. The van der Waals surface area contributed by atoms with E-state index in [1.54, 1.807) is 20.8 Å². The number of carboxylic acid groups (broad SMARTS) is 1. The highest BCUT2D eigenvalue weighted by Gasteiger charge is 2.37. The van der Waals surface area contributed by atoms with E-state index in [0.717, 1.165) is 15.9 Å². The third-order valence-electron chi connectivity index (χ3n) is 7.43. The SMILES string of the molecule is COc1ccc(F)cc1[C@H](Cn1c(=O)n(C(C)(C)C(=O)NC(C)C)c(=O)c2c(C)c(-n3nccn3)sc21)OCC(C)(C)C(=O)O. The number of benzene rings is 1. The van der Waals surface area contributed by atoms with Crippen LogP contribution in [-0.4, -0.2) is 60.9 Å². The summed E-state index contributed by atoms with van der Waals surface area (Å²) in [6, 6.07) is 3.52. The van der Waals surface area contributed by atoms with Gasteiger partial charge in [-0.2, -0.15) is 10.2 Å². The fraction of sp³-hybridized carbons (Fsp3) is 0.467. The summed E-state index contributed by atoms with van der Waals surface area (Å²) in [6.07, 6.45) is 1.82. The summed E-state index contributed by atoms with van der Waals surface area (Å²) >= 11 is 1.09. The van der Waals surface area contributed by atoms with Crippen LogP contribution in [0.15, 0.2) is 40.2 Å². The van der Waals surface area contributed by atoms with E-state index < -0.39 is 46.0 Å². The number of aryl methyl sites for hydroxylation is 1. The number of aliphatic carboxylic acids is 1. The largest absolute Gasteiger partial charge is 0.496 e. The van der Waals surface area contributed by atoms with Crippen molar-refractivity contribution < 1.29 is 28.6 Å². The van der Waals surface area contributed by atoms with Gasteiger partial charge >= 0.3 is 11.7 Å². The molecule has 2 N–H and O–H groups in total. The number of rotatable bonds is 12. The van der Waals surface area contributed by atoms with Gasteiger partial charge in [-0.25, -0.2) is 13.8 Å². The number of hydrogen-bond donors (Lipinski definition) is 2. The van der Waals surface area contributed by atoms with Gasteiger partial charge in [-0.15, -0.1) is 4.80 Å². The summed E-state index contributed by atoms with van der Waals surface area (Å²) in [7, 11) is 1.39. The summed E-state index contributed by atoms with van der Waals surface area (Å²) in [5, 5.41) is 21.5. The number of aromatic nitrogens is 5. The first-order chi connectivity index (χ1) is 21.0. The van der Waals surface area contributed by atoms with Crippen molar-refractivity contribution in [2.24, 2.45) is 5.41 Å². The van der Waals surface area contributed by atoms with Gasteiger partial charge in [0.1, 0.15) is 33.0 Å². The maximum absolute atomic E-state index is 14.6. The molecule has 3 aromatic heterocycles. The van der Waals surface area contributed by atoms with Crippen molar-refractivity contribution in [3.8, 4) is 10.8 Å². The monoisotopic (exact) mass is 644 g/mol. The number of carbonyl (C=O) groups is 2. The van der Waals surface area contributed by atoms with E-state index in [-0.39, 0.29) is 40.7 Å². The molecule has 0 aliphatic carbocycles. The third kappa shape index (κ3) is 6.40. The Morgan fingerprint density at radius 2 is 1.78 bits per heavy atom. The van der Waals surface area contributed by atoms with Crippen LogP contribution in [0.4, 0.5) is 4.39 Å². The van der Waals surface area contributed by atoms with Crippen molar-refractivity contribution in [2.75, 3.05) is 13.7 Å². The highest BCUT2D eigenvalue weighted by Crippen LogP contribution is 2.35. The molecule has 1 amide bonds. The Kier molecular flexibility index (Phi) is 9.35. The molecule has 4 rings (SSSR count). The van der Waals surface area contributed by atoms with Crippen molar-refractivity contribution in [1.29, 1.82) is 0 Å².